The maximum Gasteiger partial charge on any atom is 0.131 e. The largest absolute Gasteiger partial charge is 0.381 e. The highest BCUT2D eigenvalue weighted by atomic mass is 19.1. The smallest absolute Gasteiger partial charge is 0.131 e. The molecule has 2 rings (SSSR count). The fourth-order valence-electron chi connectivity index (χ4n) is 1.96. The third kappa shape index (κ3) is 4.03. The van der Waals surface area contributed by atoms with Gasteiger partial charge in [-0.25, -0.2) is 8.78 Å². The minimum atomic E-state index is -0.556. The number of rotatable bonds is 5. The molecule has 106 valence electrons. The van der Waals surface area contributed by atoms with E-state index >= 15 is 0 Å². The molecule has 0 radical (unpaired) electrons. The fraction of sp³-hybridized carbons (Fsp3) is 0.250. The second kappa shape index (κ2) is 6.48. The van der Waals surface area contributed by atoms with Gasteiger partial charge >= 0.3 is 0 Å². The van der Waals surface area contributed by atoms with Gasteiger partial charge < -0.3 is 10.2 Å². The lowest BCUT2D eigenvalue weighted by Crippen LogP contribution is -2.10. The summed E-state index contributed by atoms with van der Waals surface area (Å²) in [6.45, 7) is 1.21. The molecular formula is C16H18F2N2. The first-order chi connectivity index (χ1) is 9.54. The number of nitrogens with zero attached hydrogens (tertiary/aromatic N) is 1. The van der Waals surface area contributed by atoms with E-state index in [-0.39, 0.29) is 0 Å². The molecule has 0 unspecified atom stereocenters. The van der Waals surface area contributed by atoms with Crippen molar-refractivity contribution < 1.29 is 8.78 Å². The zero-order valence-corrected chi connectivity index (χ0v) is 11.7. The van der Waals surface area contributed by atoms with Gasteiger partial charge in [0.05, 0.1) is 0 Å². The Morgan fingerprint density at radius 3 is 2.30 bits per heavy atom. The average Bonchev–Trinajstić information content (AvgIpc) is 2.39. The van der Waals surface area contributed by atoms with Gasteiger partial charge in [0.2, 0.25) is 0 Å². The summed E-state index contributed by atoms with van der Waals surface area (Å²) in [5.74, 6) is -1.08. The van der Waals surface area contributed by atoms with Crippen LogP contribution in [0, 0.1) is 11.6 Å². The van der Waals surface area contributed by atoms with Crippen molar-refractivity contribution in [2.45, 2.75) is 13.1 Å². The molecule has 0 saturated carbocycles. The molecule has 0 amide bonds. The average molecular weight is 276 g/mol. The van der Waals surface area contributed by atoms with Crippen LogP contribution in [0.5, 0.6) is 0 Å². The fourth-order valence-corrected chi connectivity index (χ4v) is 1.96. The maximum absolute atomic E-state index is 13.5. The van der Waals surface area contributed by atoms with Crippen LogP contribution in [-0.2, 0) is 13.1 Å². The monoisotopic (exact) mass is 276 g/mol. The molecule has 0 aliphatic heterocycles. The zero-order valence-electron chi connectivity index (χ0n) is 11.7. The van der Waals surface area contributed by atoms with Crippen molar-refractivity contribution in [3.63, 3.8) is 0 Å². The van der Waals surface area contributed by atoms with E-state index in [4.69, 9.17) is 0 Å². The Hall–Kier alpha value is -1.94. The summed E-state index contributed by atoms with van der Waals surface area (Å²) in [6.07, 6.45) is 0. The highest BCUT2D eigenvalue weighted by Gasteiger charge is 2.03. The molecule has 2 aromatic rings. The molecule has 0 heterocycles. The molecule has 0 aromatic heterocycles. The van der Waals surface area contributed by atoms with Crippen molar-refractivity contribution in [1.29, 1.82) is 0 Å². The van der Waals surface area contributed by atoms with Crippen LogP contribution >= 0.6 is 0 Å². The van der Waals surface area contributed by atoms with Crippen molar-refractivity contribution in [1.82, 2.24) is 4.90 Å². The van der Waals surface area contributed by atoms with Gasteiger partial charge in [-0.2, -0.15) is 0 Å². The standard InChI is InChI=1S/C16H18F2N2/c1-20(2)11-12-3-7-15(8-4-12)19-10-13-5-6-14(17)9-16(13)18/h3-9,19H,10-11H2,1-2H3. The third-order valence-electron chi connectivity index (χ3n) is 2.95. The van der Waals surface area contributed by atoms with Crippen LogP contribution in [0.2, 0.25) is 0 Å². The van der Waals surface area contributed by atoms with E-state index in [1.165, 1.54) is 17.7 Å². The quantitative estimate of drug-likeness (QED) is 0.897. The van der Waals surface area contributed by atoms with Crippen LogP contribution < -0.4 is 5.32 Å². The van der Waals surface area contributed by atoms with E-state index in [2.05, 4.69) is 10.2 Å². The minimum absolute atomic E-state index is 0.332. The summed E-state index contributed by atoms with van der Waals surface area (Å²) >= 11 is 0. The Balaban J connectivity index is 1.96. The van der Waals surface area contributed by atoms with Crippen LogP contribution in [0.25, 0.3) is 0 Å². The van der Waals surface area contributed by atoms with Crippen molar-refractivity contribution in [2.75, 3.05) is 19.4 Å². The van der Waals surface area contributed by atoms with E-state index in [0.29, 0.717) is 12.1 Å². The highest BCUT2D eigenvalue weighted by molar-refractivity contribution is 5.45. The zero-order chi connectivity index (χ0) is 14.5. The molecule has 1 N–H and O–H groups in total. The summed E-state index contributed by atoms with van der Waals surface area (Å²) in [7, 11) is 4.03. The molecule has 2 aromatic carbocycles. The summed E-state index contributed by atoms with van der Waals surface area (Å²) in [5.41, 5.74) is 2.58. The Kier molecular flexibility index (Phi) is 4.69. The number of hydrogen-bond acceptors (Lipinski definition) is 2. The molecule has 0 saturated heterocycles. The van der Waals surface area contributed by atoms with Crippen molar-refractivity contribution >= 4 is 5.69 Å². The topological polar surface area (TPSA) is 15.3 Å². The van der Waals surface area contributed by atoms with Crippen LogP contribution in [-0.4, -0.2) is 19.0 Å². The normalized spacial score (nSPS) is 10.8. The summed E-state index contributed by atoms with van der Waals surface area (Å²) < 4.78 is 26.3. The lowest BCUT2D eigenvalue weighted by molar-refractivity contribution is 0.402. The second-order valence-corrected chi connectivity index (χ2v) is 5.02. The Labute approximate surface area is 118 Å². The van der Waals surface area contributed by atoms with Gasteiger partial charge in [0.25, 0.3) is 0 Å². The molecular weight excluding hydrogens is 258 g/mol. The molecule has 0 bridgehead atoms. The summed E-state index contributed by atoms with van der Waals surface area (Å²) in [6, 6.07) is 11.6. The number of benzene rings is 2. The van der Waals surface area contributed by atoms with E-state index < -0.39 is 11.6 Å². The van der Waals surface area contributed by atoms with Crippen LogP contribution in [0.4, 0.5) is 14.5 Å². The van der Waals surface area contributed by atoms with Crippen LogP contribution in [0.3, 0.4) is 0 Å². The predicted molar refractivity (Wildman–Crippen MR) is 77.5 cm³/mol. The molecule has 20 heavy (non-hydrogen) atoms. The van der Waals surface area contributed by atoms with Crippen molar-refractivity contribution in [3.8, 4) is 0 Å². The molecule has 4 heteroatoms. The van der Waals surface area contributed by atoms with Crippen molar-refractivity contribution in [3.05, 3.63) is 65.2 Å². The second-order valence-electron chi connectivity index (χ2n) is 5.02. The van der Waals surface area contributed by atoms with Gasteiger partial charge in [-0.3, -0.25) is 0 Å². The Morgan fingerprint density at radius 2 is 1.70 bits per heavy atom. The summed E-state index contributed by atoms with van der Waals surface area (Å²) in [4.78, 5) is 2.09. The van der Waals surface area contributed by atoms with Gasteiger partial charge in [0.1, 0.15) is 11.6 Å². The van der Waals surface area contributed by atoms with Gasteiger partial charge in [-0.15, -0.1) is 0 Å². The molecule has 0 atom stereocenters. The van der Waals surface area contributed by atoms with Gasteiger partial charge in [0.15, 0.2) is 0 Å². The van der Waals surface area contributed by atoms with Gasteiger partial charge in [-0.05, 0) is 37.9 Å². The van der Waals surface area contributed by atoms with Crippen molar-refractivity contribution in [2.24, 2.45) is 0 Å². The van der Waals surface area contributed by atoms with Crippen LogP contribution in [0.15, 0.2) is 42.5 Å². The Bertz CT molecular complexity index is 565. The van der Waals surface area contributed by atoms with E-state index in [1.807, 2.05) is 38.4 Å². The molecule has 0 aliphatic rings. The number of halogens is 2. The first-order valence-corrected chi connectivity index (χ1v) is 6.46. The number of nitrogens with one attached hydrogen (secondary N) is 1. The summed E-state index contributed by atoms with van der Waals surface area (Å²) in [5, 5.41) is 3.13. The molecule has 0 spiro atoms. The first kappa shape index (κ1) is 14.5. The van der Waals surface area contributed by atoms with E-state index in [1.54, 1.807) is 0 Å². The number of hydrogen-bond donors (Lipinski definition) is 1. The lowest BCUT2D eigenvalue weighted by Gasteiger charge is -2.11. The SMILES string of the molecule is CN(C)Cc1ccc(NCc2ccc(F)cc2F)cc1. The first-order valence-electron chi connectivity index (χ1n) is 6.46. The third-order valence-corrected chi connectivity index (χ3v) is 2.95. The minimum Gasteiger partial charge on any atom is -0.381 e. The van der Waals surface area contributed by atoms with Gasteiger partial charge in [0, 0.05) is 30.4 Å². The van der Waals surface area contributed by atoms with E-state index in [0.717, 1.165) is 18.3 Å². The van der Waals surface area contributed by atoms with E-state index in [9.17, 15) is 8.78 Å². The maximum atomic E-state index is 13.5. The highest BCUT2D eigenvalue weighted by Crippen LogP contribution is 2.14. The molecule has 2 nitrogen and oxygen atoms in total. The Morgan fingerprint density at radius 1 is 1.00 bits per heavy atom. The lowest BCUT2D eigenvalue weighted by atomic mass is 10.1. The number of anilines is 1. The van der Waals surface area contributed by atoms with Gasteiger partial charge in [-0.1, -0.05) is 18.2 Å². The molecule has 0 fully saturated rings. The molecule has 0 aliphatic carbocycles. The predicted octanol–water partition coefficient (Wildman–Crippen LogP) is 3.64. The van der Waals surface area contributed by atoms with Crippen LogP contribution in [0.1, 0.15) is 11.1 Å².